The SMILES string of the molecule is CC(C)C1=NC2=C(C1)c1ccc(-c3ccc(-c4cnc(C(C)C)[nH]4)c4cccnc34)cc1C2. The third-order valence-corrected chi connectivity index (χ3v) is 6.95. The van der Waals surface area contributed by atoms with Gasteiger partial charge < -0.3 is 4.98 Å². The molecule has 33 heavy (non-hydrogen) atoms. The summed E-state index contributed by atoms with van der Waals surface area (Å²) in [6.07, 6.45) is 5.75. The van der Waals surface area contributed by atoms with Crippen molar-refractivity contribution in [2.45, 2.75) is 46.5 Å². The van der Waals surface area contributed by atoms with E-state index in [2.05, 4.69) is 74.1 Å². The van der Waals surface area contributed by atoms with Gasteiger partial charge in [0.15, 0.2) is 0 Å². The van der Waals surface area contributed by atoms with E-state index in [1.54, 1.807) is 0 Å². The van der Waals surface area contributed by atoms with Gasteiger partial charge in [0.2, 0.25) is 0 Å². The molecule has 2 aromatic carbocycles. The van der Waals surface area contributed by atoms with E-state index < -0.39 is 0 Å². The van der Waals surface area contributed by atoms with Gasteiger partial charge in [0.25, 0.3) is 0 Å². The number of nitrogens with one attached hydrogen (secondary N) is 1. The van der Waals surface area contributed by atoms with Crippen molar-refractivity contribution in [3.05, 3.63) is 77.5 Å². The van der Waals surface area contributed by atoms with E-state index in [1.807, 2.05) is 18.5 Å². The van der Waals surface area contributed by atoms with Crippen LogP contribution >= 0.6 is 0 Å². The highest BCUT2D eigenvalue weighted by Gasteiger charge is 2.28. The predicted molar refractivity (Wildman–Crippen MR) is 136 cm³/mol. The summed E-state index contributed by atoms with van der Waals surface area (Å²) in [4.78, 5) is 17.8. The zero-order chi connectivity index (χ0) is 22.7. The quantitative estimate of drug-likeness (QED) is 0.371. The van der Waals surface area contributed by atoms with Gasteiger partial charge in [0.05, 0.1) is 17.4 Å². The Bertz CT molecular complexity index is 1470. The lowest BCUT2D eigenvalue weighted by Crippen LogP contribution is -2.05. The number of H-pyrrole nitrogens is 1. The van der Waals surface area contributed by atoms with Crippen LogP contribution in [0.5, 0.6) is 0 Å². The first-order valence-corrected chi connectivity index (χ1v) is 11.9. The molecule has 4 heteroatoms. The van der Waals surface area contributed by atoms with Crippen molar-refractivity contribution in [1.29, 1.82) is 0 Å². The number of hydrogen-bond acceptors (Lipinski definition) is 3. The fourth-order valence-electron chi connectivity index (χ4n) is 5.08. The number of rotatable bonds is 4. The van der Waals surface area contributed by atoms with E-state index in [1.165, 1.54) is 39.2 Å². The molecule has 0 fully saturated rings. The summed E-state index contributed by atoms with van der Waals surface area (Å²) in [6.45, 7) is 8.77. The largest absolute Gasteiger partial charge is 0.342 e. The van der Waals surface area contributed by atoms with Crippen molar-refractivity contribution in [2.24, 2.45) is 10.9 Å². The van der Waals surface area contributed by atoms with Gasteiger partial charge in [0, 0.05) is 52.9 Å². The third-order valence-electron chi connectivity index (χ3n) is 6.95. The Balaban J connectivity index is 1.41. The highest BCUT2D eigenvalue weighted by Crippen LogP contribution is 2.43. The minimum Gasteiger partial charge on any atom is -0.342 e. The van der Waals surface area contributed by atoms with Crippen LogP contribution in [0.25, 0.3) is 38.9 Å². The monoisotopic (exact) mass is 432 g/mol. The molecule has 1 N–H and O–H groups in total. The van der Waals surface area contributed by atoms with Crippen molar-refractivity contribution in [1.82, 2.24) is 15.0 Å². The first-order valence-electron chi connectivity index (χ1n) is 11.9. The molecule has 0 spiro atoms. The Morgan fingerprint density at radius 2 is 1.67 bits per heavy atom. The molecule has 6 rings (SSSR count). The molecule has 2 aromatic heterocycles. The third kappa shape index (κ3) is 3.24. The number of benzene rings is 2. The summed E-state index contributed by atoms with van der Waals surface area (Å²) < 4.78 is 0. The summed E-state index contributed by atoms with van der Waals surface area (Å²) in [5.74, 6) is 1.89. The maximum absolute atomic E-state index is 4.95. The van der Waals surface area contributed by atoms with Crippen molar-refractivity contribution in [3.63, 3.8) is 0 Å². The van der Waals surface area contributed by atoms with Gasteiger partial charge >= 0.3 is 0 Å². The highest BCUT2D eigenvalue weighted by atomic mass is 14.9. The average Bonchev–Trinajstić information content (AvgIpc) is 3.52. The van der Waals surface area contributed by atoms with E-state index in [4.69, 9.17) is 9.98 Å². The summed E-state index contributed by atoms with van der Waals surface area (Å²) in [5.41, 5.74) is 12.4. The number of nitrogens with zero attached hydrogens (tertiary/aromatic N) is 3. The normalized spacial score (nSPS) is 15.0. The fourth-order valence-corrected chi connectivity index (χ4v) is 5.08. The van der Waals surface area contributed by atoms with Crippen LogP contribution < -0.4 is 0 Å². The molecule has 0 unspecified atom stereocenters. The molecule has 1 aliphatic heterocycles. The predicted octanol–water partition coefficient (Wildman–Crippen LogP) is 7.18. The second-order valence-corrected chi connectivity index (χ2v) is 9.81. The molecule has 0 radical (unpaired) electrons. The van der Waals surface area contributed by atoms with Gasteiger partial charge in [-0.1, -0.05) is 64.1 Å². The van der Waals surface area contributed by atoms with E-state index >= 15 is 0 Å². The zero-order valence-electron chi connectivity index (χ0n) is 19.6. The van der Waals surface area contributed by atoms with Crippen LogP contribution in [-0.4, -0.2) is 20.7 Å². The molecule has 0 saturated carbocycles. The molecule has 0 amide bonds. The Morgan fingerprint density at radius 3 is 2.45 bits per heavy atom. The Kier molecular flexibility index (Phi) is 4.58. The standard InChI is InChI=1S/C29H28N4/c1-16(2)25-14-24-20-8-7-18(12-19(20)13-26(24)32-25)21-9-10-22(23-6-5-11-30-28(21)23)27-15-31-29(33-27)17(3)4/h5-12,15-17H,13-14H2,1-4H3,(H,31,33). The molecular formula is C29H28N4. The van der Waals surface area contributed by atoms with E-state index in [0.29, 0.717) is 11.8 Å². The summed E-state index contributed by atoms with van der Waals surface area (Å²) in [5, 5.41) is 1.14. The van der Waals surface area contributed by atoms with Crippen molar-refractivity contribution in [2.75, 3.05) is 0 Å². The minimum atomic E-state index is 0.366. The maximum atomic E-state index is 4.95. The second-order valence-electron chi connectivity index (χ2n) is 9.81. The lowest BCUT2D eigenvalue weighted by Gasteiger charge is -2.13. The van der Waals surface area contributed by atoms with Crippen molar-refractivity contribution < 1.29 is 0 Å². The van der Waals surface area contributed by atoms with Crippen molar-refractivity contribution in [3.8, 4) is 22.4 Å². The fraction of sp³-hybridized carbons (Fsp3) is 0.276. The summed E-state index contributed by atoms with van der Waals surface area (Å²) in [6, 6.07) is 15.4. The molecule has 2 aliphatic rings. The van der Waals surface area contributed by atoms with E-state index in [0.717, 1.165) is 40.8 Å². The van der Waals surface area contributed by atoms with Crippen LogP contribution in [0.1, 0.15) is 57.0 Å². The Morgan fingerprint density at radius 1 is 0.848 bits per heavy atom. The lowest BCUT2D eigenvalue weighted by atomic mass is 9.93. The number of aliphatic imine (C=N–C) groups is 1. The van der Waals surface area contributed by atoms with Crippen LogP contribution in [0.4, 0.5) is 0 Å². The second kappa shape index (κ2) is 7.51. The van der Waals surface area contributed by atoms with Gasteiger partial charge in [-0.3, -0.25) is 9.98 Å². The van der Waals surface area contributed by atoms with Crippen LogP contribution in [0.3, 0.4) is 0 Å². The number of hydrogen-bond donors (Lipinski definition) is 1. The van der Waals surface area contributed by atoms with Crippen LogP contribution in [-0.2, 0) is 6.42 Å². The number of aromatic amines is 1. The topological polar surface area (TPSA) is 53.9 Å². The number of aromatic nitrogens is 3. The van der Waals surface area contributed by atoms with Gasteiger partial charge in [-0.2, -0.15) is 0 Å². The summed E-state index contributed by atoms with van der Waals surface area (Å²) >= 11 is 0. The Labute approximate surface area is 194 Å². The van der Waals surface area contributed by atoms with Crippen molar-refractivity contribution >= 4 is 22.2 Å². The summed E-state index contributed by atoms with van der Waals surface area (Å²) in [7, 11) is 0. The highest BCUT2D eigenvalue weighted by molar-refractivity contribution is 6.04. The smallest absolute Gasteiger partial charge is 0.109 e. The van der Waals surface area contributed by atoms with E-state index in [-0.39, 0.29) is 0 Å². The molecule has 0 saturated heterocycles. The first-order chi connectivity index (χ1) is 16.0. The van der Waals surface area contributed by atoms with Crippen LogP contribution in [0.2, 0.25) is 0 Å². The lowest BCUT2D eigenvalue weighted by molar-refractivity contribution is 0.795. The molecular weight excluding hydrogens is 404 g/mol. The molecule has 3 heterocycles. The van der Waals surface area contributed by atoms with Gasteiger partial charge in [-0.05, 0) is 34.2 Å². The molecule has 4 nitrogen and oxygen atoms in total. The number of imidazole rings is 1. The van der Waals surface area contributed by atoms with Gasteiger partial charge in [-0.15, -0.1) is 0 Å². The van der Waals surface area contributed by atoms with Crippen LogP contribution in [0.15, 0.2) is 65.5 Å². The average molecular weight is 433 g/mol. The number of fused-ring (bicyclic) bond motifs is 3. The van der Waals surface area contributed by atoms with Crippen LogP contribution in [0, 0.1) is 5.92 Å². The molecule has 0 bridgehead atoms. The van der Waals surface area contributed by atoms with E-state index in [9.17, 15) is 0 Å². The van der Waals surface area contributed by atoms with Gasteiger partial charge in [-0.25, -0.2) is 4.98 Å². The first kappa shape index (κ1) is 20.1. The molecule has 4 aromatic rings. The molecule has 0 atom stereocenters. The number of allylic oxidation sites excluding steroid dienone is 2. The molecule has 1 aliphatic carbocycles. The maximum Gasteiger partial charge on any atom is 0.109 e. The number of pyridine rings is 1. The van der Waals surface area contributed by atoms with Gasteiger partial charge in [0.1, 0.15) is 5.82 Å². The zero-order valence-corrected chi connectivity index (χ0v) is 19.6. The molecule has 164 valence electrons. The Hall–Kier alpha value is -3.53. The minimum absolute atomic E-state index is 0.366.